The number of imidazole rings is 1. The molecule has 0 fully saturated rings. The summed E-state index contributed by atoms with van der Waals surface area (Å²) in [7, 11) is 0. The fourth-order valence-corrected chi connectivity index (χ4v) is 3.01. The third-order valence-corrected chi connectivity index (χ3v) is 3.91. The Balaban J connectivity index is 1.74. The van der Waals surface area contributed by atoms with Gasteiger partial charge >= 0.3 is 0 Å². The second-order valence-corrected chi connectivity index (χ2v) is 5.31. The molecule has 3 heterocycles. The second kappa shape index (κ2) is 4.75. The number of rotatable bonds is 4. The highest BCUT2D eigenvalue weighted by molar-refractivity contribution is 7.15. The van der Waals surface area contributed by atoms with Gasteiger partial charge in [-0.1, -0.05) is 5.16 Å². The van der Waals surface area contributed by atoms with Gasteiger partial charge in [0.05, 0.1) is 17.9 Å². The second-order valence-electron chi connectivity index (χ2n) is 4.48. The van der Waals surface area contributed by atoms with Crippen LogP contribution in [0.1, 0.15) is 28.8 Å². The summed E-state index contributed by atoms with van der Waals surface area (Å²) in [5.41, 5.74) is 3.46. The van der Waals surface area contributed by atoms with Crippen LogP contribution in [0, 0.1) is 20.8 Å². The van der Waals surface area contributed by atoms with Gasteiger partial charge in [0.15, 0.2) is 10.8 Å². The van der Waals surface area contributed by atoms with Crippen molar-refractivity contribution in [1.29, 1.82) is 0 Å². The zero-order valence-corrected chi connectivity index (χ0v) is 11.9. The van der Waals surface area contributed by atoms with Gasteiger partial charge in [-0.25, -0.2) is 4.98 Å². The molecule has 0 bridgehead atoms. The van der Waals surface area contributed by atoms with Crippen LogP contribution in [0.4, 0.5) is 0 Å². The van der Waals surface area contributed by atoms with Crippen molar-refractivity contribution in [2.24, 2.45) is 0 Å². The molecule has 0 amide bonds. The van der Waals surface area contributed by atoms with Crippen molar-refractivity contribution in [1.82, 2.24) is 24.8 Å². The van der Waals surface area contributed by atoms with Gasteiger partial charge in [-0.3, -0.25) is 4.40 Å². The monoisotopic (exact) mass is 277 g/mol. The van der Waals surface area contributed by atoms with E-state index in [0.29, 0.717) is 18.3 Å². The standard InChI is InChI=1S/C12H15N5OS/c1-7-6-19-12-14-8(2)10(17(7)12)4-13-5-11-15-9(3)16-18-11/h6,13H,4-5H2,1-3H3. The molecular formula is C12H15N5OS. The lowest BCUT2D eigenvalue weighted by atomic mass is 10.3. The van der Waals surface area contributed by atoms with E-state index in [2.05, 4.69) is 37.1 Å². The van der Waals surface area contributed by atoms with Crippen molar-refractivity contribution in [3.05, 3.63) is 34.2 Å². The summed E-state index contributed by atoms with van der Waals surface area (Å²) in [6.07, 6.45) is 0. The van der Waals surface area contributed by atoms with Crippen molar-refractivity contribution in [3.8, 4) is 0 Å². The molecule has 3 rings (SSSR count). The fourth-order valence-electron chi connectivity index (χ4n) is 2.08. The zero-order valence-electron chi connectivity index (χ0n) is 11.1. The molecule has 0 aliphatic carbocycles. The van der Waals surface area contributed by atoms with E-state index in [4.69, 9.17) is 4.52 Å². The van der Waals surface area contributed by atoms with Gasteiger partial charge in [-0.15, -0.1) is 11.3 Å². The lowest BCUT2D eigenvalue weighted by Crippen LogP contribution is -2.15. The van der Waals surface area contributed by atoms with Gasteiger partial charge in [-0.2, -0.15) is 4.98 Å². The summed E-state index contributed by atoms with van der Waals surface area (Å²) in [6.45, 7) is 7.23. The Hall–Kier alpha value is -1.73. The Morgan fingerprint density at radius 2 is 2.11 bits per heavy atom. The molecule has 3 aromatic rings. The number of aromatic nitrogens is 4. The molecule has 0 saturated heterocycles. The number of nitrogens with one attached hydrogen (secondary N) is 1. The summed E-state index contributed by atoms with van der Waals surface area (Å²) >= 11 is 1.67. The van der Waals surface area contributed by atoms with Crippen molar-refractivity contribution < 1.29 is 4.52 Å². The van der Waals surface area contributed by atoms with Crippen molar-refractivity contribution >= 4 is 16.3 Å². The Labute approximate surface area is 114 Å². The molecule has 0 aliphatic rings. The van der Waals surface area contributed by atoms with E-state index in [1.54, 1.807) is 11.3 Å². The minimum atomic E-state index is 0.566. The normalized spacial score (nSPS) is 11.5. The fraction of sp³-hybridized carbons (Fsp3) is 0.417. The maximum absolute atomic E-state index is 5.07. The van der Waals surface area contributed by atoms with E-state index < -0.39 is 0 Å². The van der Waals surface area contributed by atoms with Gasteiger partial charge in [0, 0.05) is 17.6 Å². The molecular weight excluding hydrogens is 262 g/mol. The number of fused-ring (bicyclic) bond motifs is 1. The van der Waals surface area contributed by atoms with Crippen LogP contribution >= 0.6 is 11.3 Å². The number of hydrogen-bond donors (Lipinski definition) is 1. The first-order valence-electron chi connectivity index (χ1n) is 6.07. The zero-order chi connectivity index (χ0) is 13.4. The van der Waals surface area contributed by atoms with Crippen LogP contribution in [0.3, 0.4) is 0 Å². The summed E-state index contributed by atoms with van der Waals surface area (Å²) in [4.78, 5) is 9.76. The lowest BCUT2D eigenvalue weighted by Gasteiger charge is -2.03. The number of nitrogens with zero attached hydrogens (tertiary/aromatic N) is 4. The number of hydrogen-bond acceptors (Lipinski definition) is 6. The molecule has 100 valence electrons. The lowest BCUT2D eigenvalue weighted by molar-refractivity contribution is 0.363. The van der Waals surface area contributed by atoms with Crippen molar-refractivity contribution in [2.75, 3.05) is 0 Å². The Morgan fingerprint density at radius 1 is 1.26 bits per heavy atom. The van der Waals surface area contributed by atoms with E-state index in [-0.39, 0.29) is 0 Å². The van der Waals surface area contributed by atoms with Crippen LogP contribution in [0.15, 0.2) is 9.90 Å². The highest BCUT2D eigenvalue weighted by Gasteiger charge is 2.12. The quantitative estimate of drug-likeness (QED) is 0.790. The predicted octanol–water partition coefficient (Wildman–Crippen LogP) is 1.99. The van der Waals surface area contributed by atoms with E-state index in [9.17, 15) is 0 Å². The van der Waals surface area contributed by atoms with Crippen molar-refractivity contribution in [2.45, 2.75) is 33.9 Å². The molecule has 7 heteroatoms. The molecule has 1 N–H and O–H groups in total. The Kier molecular flexibility index (Phi) is 3.08. The highest BCUT2D eigenvalue weighted by atomic mass is 32.1. The maximum atomic E-state index is 5.07. The molecule has 0 aromatic carbocycles. The summed E-state index contributed by atoms with van der Waals surface area (Å²) in [6, 6.07) is 0. The third-order valence-electron chi connectivity index (χ3n) is 2.97. The van der Waals surface area contributed by atoms with Gasteiger partial charge in [0.25, 0.3) is 0 Å². The molecule has 0 unspecified atom stereocenters. The van der Waals surface area contributed by atoms with Gasteiger partial charge < -0.3 is 9.84 Å². The highest BCUT2D eigenvalue weighted by Crippen LogP contribution is 2.20. The molecule has 19 heavy (non-hydrogen) atoms. The largest absolute Gasteiger partial charge is 0.338 e. The van der Waals surface area contributed by atoms with E-state index >= 15 is 0 Å². The minimum Gasteiger partial charge on any atom is -0.338 e. The van der Waals surface area contributed by atoms with Gasteiger partial charge in [0.1, 0.15) is 0 Å². The van der Waals surface area contributed by atoms with E-state index in [0.717, 1.165) is 17.2 Å². The van der Waals surface area contributed by atoms with Crippen LogP contribution in [-0.4, -0.2) is 19.5 Å². The molecule has 6 nitrogen and oxygen atoms in total. The van der Waals surface area contributed by atoms with Crippen LogP contribution < -0.4 is 5.32 Å². The van der Waals surface area contributed by atoms with Gasteiger partial charge in [-0.05, 0) is 20.8 Å². The van der Waals surface area contributed by atoms with E-state index in [1.165, 1.54) is 11.4 Å². The predicted molar refractivity (Wildman–Crippen MR) is 72.1 cm³/mol. The average molecular weight is 277 g/mol. The van der Waals surface area contributed by atoms with Crippen LogP contribution in [-0.2, 0) is 13.1 Å². The topological polar surface area (TPSA) is 68.2 Å². The molecule has 0 atom stereocenters. The minimum absolute atomic E-state index is 0.566. The number of aryl methyl sites for hydroxylation is 3. The first-order chi connectivity index (χ1) is 9.15. The summed E-state index contributed by atoms with van der Waals surface area (Å²) < 4.78 is 7.25. The average Bonchev–Trinajstić information content (AvgIpc) is 3.01. The molecule has 0 radical (unpaired) electrons. The van der Waals surface area contributed by atoms with Crippen molar-refractivity contribution in [3.63, 3.8) is 0 Å². The number of thiazole rings is 1. The summed E-state index contributed by atoms with van der Waals surface area (Å²) in [5, 5.41) is 9.20. The first-order valence-corrected chi connectivity index (χ1v) is 6.95. The van der Waals surface area contributed by atoms with Crippen LogP contribution in [0.5, 0.6) is 0 Å². The third kappa shape index (κ3) is 2.26. The van der Waals surface area contributed by atoms with Crippen LogP contribution in [0.2, 0.25) is 0 Å². The molecule has 0 aliphatic heterocycles. The smallest absolute Gasteiger partial charge is 0.240 e. The van der Waals surface area contributed by atoms with E-state index in [1.807, 2.05) is 13.8 Å². The maximum Gasteiger partial charge on any atom is 0.240 e. The van der Waals surface area contributed by atoms with Crippen LogP contribution in [0.25, 0.3) is 4.96 Å². The first kappa shape index (κ1) is 12.3. The molecule has 3 aromatic heterocycles. The Morgan fingerprint density at radius 3 is 2.84 bits per heavy atom. The summed E-state index contributed by atoms with van der Waals surface area (Å²) in [5.74, 6) is 1.27. The van der Waals surface area contributed by atoms with Gasteiger partial charge in [0.2, 0.25) is 5.89 Å². The molecule has 0 saturated carbocycles. The molecule has 0 spiro atoms. The Bertz CT molecular complexity index is 711. The SMILES string of the molecule is Cc1noc(CNCc2c(C)nc3scc(C)n23)n1.